The van der Waals surface area contributed by atoms with Crippen LogP contribution in [0.15, 0.2) is 16.6 Å². The molecule has 0 spiro atoms. The highest BCUT2D eigenvalue weighted by Crippen LogP contribution is 2.31. The number of halogens is 3. The molecule has 1 rings (SSSR count). The predicted octanol–water partition coefficient (Wildman–Crippen LogP) is 3.44. The lowest BCUT2D eigenvalue weighted by Crippen LogP contribution is -1.94. The molecule has 0 N–H and O–H groups in total. The third-order valence-electron chi connectivity index (χ3n) is 1.44. The molecule has 1 aromatic rings. The lowest BCUT2D eigenvalue weighted by molar-refractivity contribution is 0.108. The van der Waals surface area contributed by atoms with E-state index >= 15 is 0 Å². The number of methoxy groups -OCH3 is 1. The monoisotopic (exact) mass is 374 g/mol. The summed E-state index contributed by atoms with van der Waals surface area (Å²) in [4.78, 5) is 10.9. The van der Waals surface area contributed by atoms with Crippen molar-refractivity contribution in [2.75, 3.05) is 7.11 Å². The predicted molar refractivity (Wildman–Crippen MR) is 63.6 cm³/mol. The maximum Gasteiger partial charge on any atom is 0.252 e. The summed E-state index contributed by atoms with van der Waals surface area (Å²) in [6.45, 7) is 0. The Bertz CT molecular complexity index is 354. The van der Waals surface area contributed by atoms with Crippen molar-refractivity contribution < 1.29 is 9.53 Å². The topological polar surface area (TPSA) is 26.3 Å². The van der Waals surface area contributed by atoms with E-state index in [-0.39, 0.29) is 0 Å². The molecule has 0 unspecified atom stereocenters. The lowest BCUT2D eigenvalue weighted by Gasteiger charge is -2.06. The van der Waals surface area contributed by atoms with E-state index in [4.69, 9.17) is 16.3 Å². The summed E-state index contributed by atoms with van der Waals surface area (Å²) >= 11 is 10.8. The number of benzene rings is 1. The molecule has 0 saturated heterocycles. The van der Waals surface area contributed by atoms with Gasteiger partial charge in [-0.1, -0.05) is 0 Å². The first kappa shape index (κ1) is 11.3. The zero-order valence-electron chi connectivity index (χ0n) is 6.61. The number of hydrogen-bond donors (Lipinski definition) is 0. The standard InChI is InChI=1S/C8H5BrClIO2/c1-13-6-3-4(8(10)12)2-5(11)7(6)9/h2-3H,1H3. The van der Waals surface area contributed by atoms with E-state index in [9.17, 15) is 4.79 Å². The average molecular weight is 375 g/mol. The Balaban J connectivity index is 3.30. The molecule has 0 heterocycles. The second kappa shape index (κ2) is 4.61. The van der Waals surface area contributed by atoms with Crippen molar-refractivity contribution >= 4 is 55.4 Å². The molecule has 0 aliphatic heterocycles. The SMILES string of the molecule is COc1cc(C(=O)Cl)cc(I)c1Br. The Hall–Kier alpha value is 0.190. The van der Waals surface area contributed by atoms with Gasteiger partial charge in [0, 0.05) is 9.13 Å². The molecule has 0 fully saturated rings. The lowest BCUT2D eigenvalue weighted by atomic mass is 10.2. The van der Waals surface area contributed by atoms with Gasteiger partial charge in [-0.15, -0.1) is 0 Å². The van der Waals surface area contributed by atoms with Crippen LogP contribution in [0.1, 0.15) is 10.4 Å². The highest BCUT2D eigenvalue weighted by molar-refractivity contribution is 14.1. The van der Waals surface area contributed by atoms with Crippen molar-refractivity contribution in [2.45, 2.75) is 0 Å². The fourth-order valence-corrected chi connectivity index (χ4v) is 1.93. The fraction of sp³-hybridized carbons (Fsp3) is 0.125. The van der Waals surface area contributed by atoms with Crippen LogP contribution < -0.4 is 4.74 Å². The molecule has 0 saturated carbocycles. The third kappa shape index (κ3) is 2.57. The summed E-state index contributed by atoms with van der Waals surface area (Å²) in [6, 6.07) is 3.30. The fourth-order valence-electron chi connectivity index (χ4n) is 0.826. The van der Waals surface area contributed by atoms with Gasteiger partial charge in [0.2, 0.25) is 0 Å². The van der Waals surface area contributed by atoms with Crippen LogP contribution >= 0.6 is 50.1 Å². The largest absolute Gasteiger partial charge is 0.496 e. The number of rotatable bonds is 2. The highest BCUT2D eigenvalue weighted by atomic mass is 127. The van der Waals surface area contributed by atoms with Crippen molar-refractivity contribution in [3.63, 3.8) is 0 Å². The van der Waals surface area contributed by atoms with E-state index < -0.39 is 5.24 Å². The van der Waals surface area contributed by atoms with E-state index in [1.807, 2.05) is 0 Å². The van der Waals surface area contributed by atoms with E-state index in [0.29, 0.717) is 11.3 Å². The van der Waals surface area contributed by atoms with Crippen LogP contribution in [-0.2, 0) is 0 Å². The second-order valence-corrected chi connectivity index (χ2v) is 4.55. The van der Waals surface area contributed by atoms with Crippen molar-refractivity contribution in [3.8, 4) is 5.75 Å². The van der Waals surface area contributed by atoms with Gasteiger partial charge in [0.25, 0.3) is 5.24 Å². The molecular formula is C8H5BrClIO2. The first-order valence-corrected chi connectivity index (χ1v) is 5.54. The minimum atomic E-state index is -0.483. The summed E-state index contributed by atoms with van der Waals surface area (Å²) in [5.74, 6) is 0.607. The Morgan fingerprint density at radius 3 is 2.69 bits per heavy atom. The summed E-state index contributed by atoms with van der Waals surface area (Å²) in [6.07, 6.45) is 0. The molecular weight excluding hydrogens is 370 g/mol. The normalized spacial score (nSPS) is 9.85. The molecule has 5 heteroatoms. The van der Waals surface area contributed by atoms with Gasteiger partial charge in [-0.25, -0.2) is 0 Å². The van der Waals surface area contributed by atoms with Gasteiger partial charge >= 0.3 is 0 Å². The van der Waals surface area contributed by atoms with Crippen LogP contribution in [0.4, 0.5) is 0 Å². The first-order chi connectivity index (χ1) is 6.06. The van der Waals surface area contributed by atoms with Crippen molar-refractivity contribution in [1.29, 1.82) is 0 Å². The zero-order chi connectivity index (χ0) is 10.0. The van der Waals surface area contributed by atoms with E-state index in [2.05, 4.69) is 38.5 Å². The molecule has 0 radical (unpaired) electrons. The second-order valence-electron chi connectivity index (χ2n) is 2.25. The molecule has 0 amide bonds. The van der Waals surface area contributed by atoms with Gasteiger partial charge in [0.15, 0.2) is 0 Å². The summed E-state index contributed by atoms with van der Waals surface area (Å²) < 4.78 is 6.77. The maximum atomic E-state index is 10.9. The molecule has 0 aromatic heterocycles. The quantitative estimate of drug-likeness (QED) is 0.585. The van der Waals surface area contributed by atoms with Crippen molar-refractivity contribution in [3.05, 3.63) is 25.7 Å². The Labute approximate surface area is 103 Å². The first-order valence-electron chi connectivity index (χ1n) is 3.29. The summed E-state index contributed by atoms with van der Waals surface area (Å²) in [7, 11) is 1.54. The highest BCUT2D eigenvalue weighted by Gasteiger charge is 2.10. The molecule has 0 aliphatic rings. The van der Waals surface area contributed by atoms with Crippen LogP contribution in [0.25, 0.3) is 0 Å². The van der Waals surface area contributed by atoms with Crippen molar-refractivity contribution in [2.24, 2.45) is 0 Å². The maximum absolute atomic E-state index is 10.9. The number of ether oxygens (including phenoxy) is 1. The number of carbonyl (C=O) groups is 1. The Morgan fingerprint density at radius 2 is 2.23 bits per heavy atom. The zero-order valence-corrected chi connectivity index (χ0v) is 11.1. The van der Waals surface area contributed by atoms with Gasteiger partial charge in [-0.2, -0.15) is 0 Å². The Kier molecular flexibility index (Phi) is 4.00. The molecule has 0 aliphatic carbocycles. The van der Waals surface area contributed by atoms with Crippen LogP contribution in [0, 0.1) is 3.57 Å². The minimum Gasteiger partial charge on any atom is -0.496 e. The number of carbonyl (C=O) groups excluding carboxylic acids is 1. The van der Waals surface area contributed by atoms with E-state index in [0.717, 1.165) is 8.04 Å². The van der Waals surface area contributed by atoms with Gasteiger partial charge in [-0.05, 0) is 62.3 Å². The number of hydrogen-bond acceptors (Lipinski definition) is 2. The van der Waals surface area contributed by atoms with E-state index in [1.54, 1.807) is 19.2 Å². The molecule has 1 aromatic carbocycles. The van der Waals surface area contributed by atoms with Crippen LogP contribution in [0.3, 0.4) is 0 Å². The van der Waals surface area contributed by atoms with Gasteiger partial charge in [0.1, 0.15) is 5.75 Å². The summed E-state index contributed by atoms with van der Waals surface area (Å²) in [5, 5.41) is -0.483. The molecule has 0 bridgehead atoms. The Morgan fingerprint density at radius 1 is 1.62 bits per heavy atom. The molecule has 70 valence electrons. The minimum absolute atomic E-state index is 0.436. The van der Waals surface area contributed by atoms with Crippen LogP contribution in [-0.4, -0.2) is 12.4 Å². The van der Waals surface area contributed by atoms with Crippen LogP contribution in [0.2, 0.25) is 0 Å². The molecule has 2 nitrogen and oxygen atoms in total. The smallest absolute Gasteiger partial charge is 0.252 e. The summed E-state index contributed by atoms with van der Waals surface area (Å²) in [5.41, 5.74) is 0.436. The third-order valence-corrected chi connectivity index (χ3v) is 4.07. The van der Waals surface area contributed by atoms with Gasteiger partial charge < -0.3 is 4.74 Å². The molecule has 13 heavy (non-hydrogen) atoms. The van der Waals surface area contributed by atoms with Crippen LogP contribution in [0.5, 0.6) is 5.75 Å². The van der Waals surface area contributed by atoms with Crippen molar-refractivity contribution in [1.82, 2.24) is 0 Å². The molecule has 0 atom stereocenters. The average Bonchev–Trinajstić information content (AvgIpc) is 2.09. The van der Waals surface area contributed by atoms with E-state index in [1.165, 1.54) is 0 Å². The van der Waals surface area contributed by atoms with Gasteiger partial charge in [0.05, 0.1) is 11.6 Å². The van der Waals surface area contributed by atoms with Gasteiger partial charge in [-0.3, -0.25) is 4.79 Å².